The van der Waals surface area contributed by atoms with Gasteiger partial charge in [-0.3, -0.25) is 9.88 Å². The number of aromatic nitrogens is 1. The van der Waals surface area contributed by atoms with Crippen molar-refractivity contribution >= 4 is 15.9 Å². The van der Waals surface area contributed by atoms with Gasteiger partial charge in [0, 0.05) is 23.8 Å². The fraction of sp³-hybridized carbons (Fsp3) is 0.643. The van der Waals surface area contributed by atoms with Crippen molar-refractivity contribution in [3.8, 4) is 0 Å². The third-order valence-electron chi connectivity index (χ3n) is 3.67. The number of hydrogen-bond acceptors (Lipinski definition) is 2. The van der Waals surface area contributed by atoms with Crippen LogP contribution in [0.4, 0.5) is 0 Å². The third-order valence-corrected chi connectivity index (χ3v) is 4.14. The highest BCUT2D eigenvalue weighted by atomic mass is 79.9. The van der Waals surface area contributed by atoms with Gasteiger partial charge in [0.15, 0.2) is 0 Å². The Morgan fingerprint density at radius 3 is 2.71 bits per heavy atom. The molecule has 17 heavy (non-hydrogen) atoms. The Labute approximate surface area is 113 Å². The molecular formula is C14H21BrN2. The van der Waals surface area contributed by atoms with Crippen LogP contribution in [0.5, 0.6) is 0 Å². The lowest BCUT2D eigenvalue weighted by Gasteiger charge is -2.27. The summed E-state index contributed by atoms with van der Waals surface area (Å²) < 4.78 is 1.05. The van der Waals surface area contributed by atoms with Crippen LogP contribution in [0.25, 0.3) is 0 Å². The summed E-state index contributed by atoms with van der Waals surface area (Å²) in [6.45, 7) is 10.4. The predicted octanol–water partition coefficient (Wildman–Crippen LogP) is 3.71. The number of nitrogens with zero attached hydrogens (tertiary/aromatic N) is 2. The van der Waals surface area contributed by atoms with Crippen LogP contribution in [0.1, 0.15) is 32.9 Å². The molecule has 1 aliphatic rings. The summed E-state index contributed by atoms with van der Waals surface area (Å²) in [7, 11) is 0. The normalized spacial score (nSPS) is 22.0. The van der Waals surface area contributed by atoms with E-state index in [0.29, 0.717) is 5.41 Å². The van der Waals surface area contributed by atoms with E-state index in [0.717, 1.165) is 16.9 Å². The highest BCUT2D eigenvalue weighted by Gasteiger charge is 2.31. The van der Waals surface area contributed by atoms with E-state index in [2.05, 4.69) is 58.7 Å². The SMILES string of the molecule is CC(C)(C)C1CCN(Cc2ccc(Br)cn2)C1. The minimum atomic E-state index is 0.432. The molecule has 2 rings (SSSR count). The molecule has 0 spiro atoms. The van der Waals surface area contributed by atoms with Crippen LogP contribution in [0.2, 0.25) is 0 Å². The van der Waals surface area contributed by atoms with Crippen LogP contribution in [0.3, 0.4) is 0 Å². The molecule has 94 valence electrons. The minimum absolute atomic E-state index is 0.432. The zero-order valence-electron chi connectivity index (χ0n) is 10.9. The van der Waals surface area contributed by atoms with Gasteiger partial charge in [-0.25, -0.2) is 0 Å². The monoisotopic (exact) mass is 296 g/mol. The van der Waals surface area contributed by atoms with Crippen molar-refractivity contribution in [2.24, 2.45) is 11.3 Å². The first-order valence-electron chi connectivity index (χ1n) is 6.28. The lowest BCUT2D eigenvalue weighted by molar-refractivity contribution is 0.225. The summed E-state index contributed by atoms with van der Waals surface area (Å²) in [5.41, 5.74) is 1.60. The van der Waals surface area contributed by atoms with Gasteiger partial charge in [0.25, 0.3) is 0 Å². The Morgan fingerprint density at radius 1 is 1.41 bits per heavy atom. The second kappa shape index (κ2) is 5.07. The molecule has 3 heteroatoms. The molecule has 0 aliphatic carbocycles. The van der Waals surface area contributed by atoms with E-state index in [4.69, 9.17) is 0 Å². The van der Waals surface area contributed by atoms with E-state index >= 15 is 0 Å². The van der Waals surface area contributed by atoms with Gasteiger partial charge in [-0.05, 0) is 52.4 Å². The third kappa shape index (κ3) is 3.52. The largest absolute Gasteiger partial charge is 0.297 e. The van der Waals surface area contributed by atoms with Crippen LogP contribution < -0.4 is 0 Å². The van der Waals surface area contributed by atoms with E-state index in [1.54, 1.807) is 0 Å². The van der Waals surface area contributed by atoms with Crippen molar-refractivity contribution in [1.29, 1.82) is 0 Å². The van der Waals surface area contributed by atoms with Crippen molar-refractivity contribution in [2.75, 3.05) is 13.1 Å². The Hall–Kier alpha value is -0.410. The van der Waals surface area contributed by atoms with Crippen LogP contribution >= 0.6 is 15.9 Å². The molecule has 1 fully saturated rings. The second-order valence-corrected chi connectivity index (χ2v) is 6.97. The zero-order valence-corrected chi connectivity index (χ0v) is 12.5. The molecule has 0 saturated carbocycles. The lowest BCUT2D eigenvalue weighted by atomic mass is 9.80. The average molecular weight is 297 g/mol. The van der Waals surface area contributed by atoms with E-state index < -0.39 is 0 Å². The van der Waals surface area contributed by atoms with Gasteiger partial charge in [0.2, 0.25) is 0 Å². The van der Waals surface area contributed by atoms with Gasteiger partial charge in [0.05, 0.1) is 5.69 Å². The highest BCUT2D eigenvalue weighted by Crippen LogP contribution is 2.33. The molecule has 0 N–H and O–H groups in total. The molecule has 1 saturated heterocycles. The Bertz CT molecular complexity index is 367. The standard InChI is InChI=1S/C14H21BrN2/c1-14(2,3)11-6-7-17(9-11)10-13-5-4-12(15)8-16-13/h4-5,8,11H,6-7,9-10H2,1-3H3. The Balaban J connectivity index is 1.92. The van der Waals surface area contributed by atoms with Crippen molar-refractivity contribution in [2.45, 2.75) is 33.7 Å². The number of likely N-dealkylation sites (tertiary alicyclic amines) is 1. The number of rotatable bonds is 2. The van der Waals surface area contributed by atoms with Crippen molar-refractivity contribution < 1.29 is 0 Å². The van der Waals surface area contributed by atoms with E-state index in [-0.39, 0.29) is 0 Å². The number of halogens is 1. The van der Waals surface area contributed by atoms with Gasteiger partial charge >= 0.3 is 0 Å². The van der Waals surface area contributed by atoms with Crippen molar-refractivity contribution in [3.05, 3.63) is 28.5 Å². The molecule has 1 aliphatic heterocycles. The van der Waals surface area contributed by atoms with Crippen molar-refractivity contribution in [1.82, 2.24) is 9.88 Å². The molecule has 1 aromatic heterocycles. The highest BCUT2D eigenvalue weighted by molar-refractivity contribution is 9.10. The summed E-state index contributed by atoms with van der Waals surface area (Å²) >= 11 is 3.42. The maximum absolute atomic E-state index is 4.44. The number of hydrogen-bond donors (Lipinski definition) is 0. The molecule has 1 atom stereocenters. The minimum Gasteiger partial charge on any atom is -0.297 e. The zero-order chi connectivity index (χ0) is 12.5. The molecule has 0 radical (unpaired) electrons. The van der Waals surface area contributed by atoms with Gasteiger partial charge in [-0.1, -0.05) is 20.8 Å². The van der Waals surface area contributed by atoms with Crippen molar-refractivity contribution in [3.63, 3.8) is 0 Å². The summed E-state index contributed by atoms with van der Waals surface area (Å²) in [6, 6.07) is 4.17. The van der Waals surface area contributed by atoms with Crippen LogP contribution in [0.15, 0.2) is 22.8 Å². The molecule has 0 amide bonds. The summed E-state index contributed by atoms with van der Waals surface area (Å²) in [4.78, 5) is 6.96. The maximum atomic E-state index is 4.44. The molecule has 0 aromatic carbocycles. The molecule has 2 heterocycles. The van der Waals surface area contributed by atoms with Gasteiger partial charge < -0.3 is 0 Å². The quantitative estimate of drug-likeness (QED) is 0.827. The van der Waals surface area contributed by atoms with E-state index in [1.807, 2.05) is 6.20 Å². The topological polar surface area (TPSA) is 16.1 Å². The summed E-state index contributed by atoms with van der Waals surface area (Å²) in [5, 5.41) is 0. The average Bonchev–Trinajstić information content (AvgIpc) is 2.69. The van der Waals surface area contributed by atoms with Gasteiger partial charge in [-0.2, -0.15) is 0 Å². The van der Waals surface area contributed by atoms with Crippen LogP contribution in [-0.2, 0) is 6.54 Å². The Morgan fingerprint density at radius 2 is 2.18 bits per heavy atom. The smallest absolute Gasteiger partial charge is 0.0544 e. The van der Waals surface area contributed by atoms with E-state index in [9.17, 15) is 0 Å². The summed E-state index contributed by atoms with van der Waals surface area (Å²) in [6.07, 6.45) is 3.20. The molecule has 1 aromatic rings. The first-order valence-corrected chi connectivity index (χ1v) is 7.07. The first kappa shape index (κ1) is 13.0. The number of pyridine rings is 1. The Kier molecular flexibility index (Phi) is 3.88. The van der Waals surface area contributed by atoms with Gasteiger partial charge in [0.1, 0.15) is 0 Å². The van der Waals surface area contributed by atoms with E-state index in [1.165, 1.54) is 25.2 Å². The molecule has 1 unspecified atom stereocenters. The lowest BCUT2D eigenvalue weighted by Crippen LogP contribution is -2.26. The van der Waals surface area contributed by atoms with Crippen LogP contribution in [-0.4, -0.2) is 23.0 Å². The molecule has 0 bridgehead atoms. The first-order chi connectivity index (χ1) is 7.95. The maximum Gasteiger partial charge on any atom is 0.0544 e. The molecule has 2 nitrogen and oxygen atoms in total. The summed E-state index contributed by atoms with van der Waals surface area (Å²) in [5.74, 6) is 0.818. The fourth-order valence-electron chi connectivity index (χ4n) is 2.41. The van der Waals surface area contributed by atoms with Crippen LogP contribution in [0, 0.1) is 11.3 Å². The second-order valence-electron chi connectivity index (χ2n) is 6.05. The fourth-order valence-corrected chi connectivity index (χ4v) is 2.65. The van der Waals surface area contributed by atoms with Gasteiger partial charge in [-0.15, -0.1) is 0 Å². The predicted molar refractivity (Wildman–Crippen MR) is 74.8 cm³/mol. The molecular weight excluding hydrogens is 276 g/mol.